The lowest BCUT2D eigenvalue weighted by Crippen LogP contribution is -2.33. The predicted molar refractivity (Wildman–Crippen MR) is 140 cm³/mol. The van der Waals surface area contributed by atoms with E-state index in [0.29, 0.717) is 0 Å². The van der Waals surface area contributed by atoms with E-state index in [1.54, 1.807) is 0 Å². The molecule has 1 aromatic heterocycles. The van der Waals surface area contributed by atoms with Crippen molar-refractivity contribution < 1.29 is 0 Å². The second-order valence-corrected chi connectivity index (χ2v) is 11.3. The summed E-state index contributed by atoms with van der Waals surface area (Å²) in [5.74, 6) is 0. The van der Waals surface area contributed by atoms with Gasteiger partial charge < -0.3 is 4.57 Å². The Morgan fingerprint density at radius 2 is 1.09 bits per heavy atom. The second-order valence-electron chi connectivity index (χ2n) is 11.3. The molecule has 2 aliphatic heterocycles. The van der Waals surface area contributed by atoms with Gasteiger partial charge in [0.1, 0.15) is 0 Å². The van der Waals surface area contributed by atoms with Crippen molar-refractivity contribution in [1.82, 2.24) is 4.57 Å². The molecule has 1 heteroatoms. The summed E-state index contributed by atoms with van der Waals surface area (Å²) >= 11 is 0. The molecule has 4 aromatic carbocycles. The van der Waals surface area contributed by atoms with Gasteiger partial charge in [0.25, 0.3) is 0 Å². The summed E-state index contributed by atoms with van der Waals surface area (Å²) in [5, 5.41) is 2.76. The van der Waals surface area contributed by atoms with Gasteiger partial charge in [-0.05, 0) is 59.4 Å². The third-order valence-corrected chi connectivity index (χ3v) is 8.39. The van der Waals surface area contributed by atoms with Crippen LogP contribution in [0.4, 0.5) is 0 Å². The number of benzene rings is 4. The van der Waals surface area contributed by atoms with E-state index < -0.39 is 0 Å². The maximum Gasteiger partial charge on any atom is 0.0582 e. The van der Waals surface area contributed by atoms with Gasteiger partial charge in [-0.2, -0.15) is 0 Å². The van der Waals surface area contributed by atoms with Crippen LogP contribution >= 0.6 is 0 Å². The lowest BCUT2D eigenvalue weighted by Gasteiger charge is -2.42. The molecule has 0 N–H and O–H groups in total. The first-order valence-corrected chi connectivity index (χ1v) is 12.0. The molecule has 162 valence electrons. The van der Waals surface area contributed by atoms with Gasteiger partial charge in [-0.25, -0.2) is 0 Å². The summed E-state index contributed by atoms with van der Waals surface area (Å²) < 4.78 is 2.60. The van der Waals surface area contributed by atoms with Crippen molar-refractivity contribution in [1.29, 1.82) is 0 Å². The molecule has 0 fully saturated rings. The van der Waals surface area contributed by atoms with Crippen molar-refractivity contribution in [2.45, 2.75) is 52.4 Å². The Balaban J connectivity index is 1.74. The SMILES string of the molecule is Cc1cc(C)cc(-c2cc3c4c(c2)c2cccc5c2n4-c2c(cccc2C3(C)C)C5(C)C)c1. The van der Waals surface area contributed by atoms with Crippen molar-refractivity contribution in [3.8, 4) is 16.8 Å². The fourth-order valence-electron chi connectivity index (χ4n) is 6.79. The summed E-state index contributed by atoms with van der Waals surface area (Å²) in [4.78, 5) is 0. The smallest absolute Gasteiger partial charge is 0.0582 e. The minimum atomic E-state index is -0.0730. The van der Waals surface area contributed by atoms with Crippen LogP contribution in [0.25, 0.3) is 38.6 Å². The van der Waals surface area contributed by atoms with E-state index in [0.717, 1.165) is 0 Å². The van der Waals surface area contributed by atoms with Crippen molar-refractivity contribution in [3.05, 3.63) is 100 Å². The van der Waals surface area contributed by atoms with Crippen LogP contribution in [0.1, 0.15) is 61.1 Å². The monoisotopic (exact) mass is 427 g/mol. The first-order valence-electron chi connectivity index (χ1n) is 12.0. The molecule has 7 rings (SSSR count). The molecular weight excluding hydrogens is 398 g/mol. The van der Waals surface area contributed by atoms with Gasteiger partial charge >= 0.3 is 0 Å². The minimum absolute atomic E-state index is 0.0285. The second kappa shape index (κ2) is 5.78. The van der Waals surface area contributed by atoms with Gasteiger partial charge in [0.2, 0.25) is 0 Å². The molecule has 0 saturated heterocycles. The van der Waals surface area contributed by atoms with Crippen LogP contribution in [-0.2, 0) is 10.8 Å². The zero-order valence-electron chi connectivity index (χ0n) is 20.3. The van der Waals surface area contributed by atoms with Gasteiger partial charge in [-0.15, -0.1) is 0 Å². The predicted octanol–water partition coefficient (Wildman–Crippen LogP) is 8.35. The molecule has 0 atom stereocenters. The molecule has 5 aromatic rings. The Bertz CT molecular complexity index is 1650. The molecule has 0 radical (unpaired) electrons. The number of hydrogen-bond acceptors (Lipinski definition) is 0. The molecule has 0 aliphatic carbocycles. The summed E-state index contributed by atoms with van der Waals surface area (Å²) in [6.07, 6.45) is 0. The molecule has 0 saturated carbocycles. The van der Waals surface area contributed by atoms with E-state index >= 15 is 0 Å². The van der Waals surface area contributed by atoms with E-state index in [2.05, 4.69) is 113 Å². The third kappa shape index (κ3) is 2.18. The number of aryl methyl sites for hydroxylation is 2. The van der Waals surface area contributed by atoms with Crippen LogP contribution in [0.3, 0.4) is 0 Å². The molecule has 0 bridgehead atoms. The largest absolute Gasteiger partial charge is 0.308 e. The van der Waals surface area contributed by atoms with Gasteiger partial charge in [-0.1, -0.05) is 93.4 Å². The van der Waals surface area contributed by atoms with Crippen LogP contribution in [0.2, 0.25) is 0 Å². The maximum absolute atomic E-state index is 2.60. The number of aromatic nitrogens is 1. The average molecular weight is 428 g/mol. The number of fused-ring (bicyclic) bond motifs is 1. The lowest BCUT2D eigenvalue weighted by molar-refractivity contribution is 0.594. The number of para-hydroxylation sites is 2. The highest BCUT2D eigenvalue weighted by Crippen LogP contribution is 2.55. The Labute approximate surface area is 195 Å². The molecule has 2 aliphatic rings. The van der Waals surface area contributed by atoms with Gasteiger partial charge in [0, 0.05) is 21.6 Å². The molecule has 0 amide bonds. The lowest BCUT2D eigenvalue weighted by atomic mass is 9.68. The van der Waals surface area contributed by atoms with E-state index in [-0.39, 0.29) is 10.8 Å². The summed E-state index contributed by atoms with van der Waals surface area (Å²) in [6.45, 7) is 14.0. The van der Waals surface area contributed by atoms with Crippen molar-refractivity contribution in [2.24, 2.45) is 0 Å². The first-order chi connectivity index (χ1) is 15.7. The van der Waals surface area contributed by atoms with Crippen LogP contribution in [0.5, 0.6) is 0 Å². The Hall–Kier alpha value is -3.32. The van der Waals surface area contributed by atoms with Crippen molar-refractivity contribution in [3.63, 3.8) is 0 Å². The summed E-state index contributed by atoms with van der Waals surface area (Å²) in [7, 11) is 0. The quantitative estimate of drug-likeness (QED) is 0.253. The van der Waals surface area contributed by atoms with Crippen molar-refractivity contribution in [2.75, 3.05) is 0 Å². The molecule has 3 heterocycles. The van der Waals surface area contributed by atoms with Gasteiger partial charge in [0.05, 0.1) is 16.7 Å². The number of nitrogens with zero attached hydrogens (tertiary/aromatic N) is 1. The average Bonchev–Trinajstić information content (AvgIpc) is 3.10. The topological polar surface area (TPSA) is 4.93 Å². The van der Waals surface area contributed by atoms with Crippen LogP contribution in [0, 0.1) is 13.8 Å². The molecular formula is C32H29N. The van der Waals surface area contributed by atoms with Crippen LogP contribution in [0.15, 0.2) is 66.7 Å². The van der Waals surface area contributed by atoms with E-state index in [1.807, 2.05) is 0 Å². The number of hydrogen-bond donors (Lipinski definition) is 0. The fourth-order valence-corrected chi connectivity index (χ4v) is 6.79. The molecule has 1 nitrogen and oxygen atoms in total. The van der Waals surface area contributed by atoms with E-state index in [9.17, 15) is 0 Å². The Morgan fingerprint density at radius 1 is 0.545 bits per heavy atom. The zero-order valence-corrected chi connectivity index (χ0v) is 20.3. The number of rotatable bonds is 1. The summed E-state index contributed by atoms with van der Waals surface area (Å²) in [6, 6.07) is 25.7. The third-order valence-electron chi connectivity index (χ3n) is 8.39. The first kappa shape index (κ1) is 19.2. The fraction of sp³-hybridized carbons (Fsp3) is 0.250. The zero-order chi connectivity index (χ0) is 22.9. The van der Waals surface area contributed by atoms with E-state index in [4.69, 9.17) is 0 Å². The highest BCUT2D eigenvalue weighted by molar-refractivity contribution is 6.15. The molecule has 0 unspecified atom stereocenters. The Kier molecular flexibility index (Phi) is 3.36. The van der Waals surface area contributed by atoms with Crippen LogP contribution in [-0.4, -0.2) is 4.57 Å². The highest BCUT2D eigenvalue weighted by atomic mass is 15.0. The molecule has 33 heavy (non-hydrogen) atoms. The van der Waals surface area contributed by atoms with Gasteiger partial charge in [0.15, 0.2) is 0 Å². The van der Waals surface area contributed by atoms with Crippen LogP contribution < -0.4 is 0 Å². The highest BCUT2D eigenvalue weighted by Gasteiger charge is 2.43. The normalized spacial score (nSPS) is 16.7. The maximum atomic E-state index is 2.60. The minimum Gasteiger partial charge on any atom is -0.308 e. The summed E-state index contributed by atoms with van der Waals surface area (Å²) in [5.41, 5.74) is 15.1. The standard InChI is InChI=1S/C32H29N/c1-18-13-19(2)15-20(14-18)21-16-23-22-9-7-10-24-28(22)33-29(23)27(17-21)32(5,6)26-12-8-11-25(30(26)33)31(24,3)4/h7-17H,1-6H3. The molecule has 0 spiro atoms. The van der Waals surface area contributed by atoms with Crippen molar-refractivity contribution >= 4 is 21.8 Å². The Morgan fingerprint density at radius 3 is 1.79 bits per heavy atom. The van der Waals surface area contributed by atoms with Gasteiger partial charge in [-0.3, -0.25) is 0 Å². The van der Waals surface area contributed by atoms with E-state index in [1.165, 1.54) is 72.0 Å².